The fourth-order valence-electron chi connectivity index (χ4n) is 2.64. The van der Waals surface area contributed by atoms with E-state index in [0.717, 1.165) is 24.1 Å². The van der Waals surface area contributed by atoms with Gasteiger partial charge in [0.2, 0.25) is 11.8 Å². The van der Waals surface area contributed by atoms with Crippen molar-refractivity contribution in [1.82, 2.24) is 5.32 Å². The maximum Gasteiger partial charge on any atom is 0.228 e. The van der Waals surface area contributed by atoms with Gasteiger partial charge in [-0.1, -0.05) is 32.0 Å². The molecule has 4 heteroatoms. The van der Waals surface area contributed by atoms with E-state index in [9.17, 15) is 9.59 Å². The van der Waals surface area contributed by atoms with E-state index >= 15 is 0 Å². The number of benzene rings is 1. The normalized spacial score (nSPS) is 18.9. The number of fused-ring (bicyclic) bond motifs is 1. The second-order valence-electron chi connectivity index (χ2n) is 6.27. The number of nitrogens with one attached hydrogen (secondary N) is 2. The number of carbonyl (C=O) groups is 2. The van der Waals surface area contributed by atoms with E-state index in [4.69, 9.17) is 0 Å². The van der Waals surface area contributed by atoms with Crippen molar-refractivity contribution in [2.45, 2.75) is 52.0 Å². The highest BCUT2D eigenvalue weighted by Crippen LogP contribution is 2.32. The van der Waals surface area contributed by atoms with Crippen LogP contribution >= 0.6 is 0 Å². The van der Waals surface area contributed by atoms with Crippen LogP contribution in [0, 0.1) is 5.92 Å². The zero-order valence-electron chi connectivity index (χ0n) is 13.0. The average Bonchev–Trinajstić information content (AvgIpc) is 2.44. The first-order chi connectivity index (χ1) is 9.97. The van der Waals surface area contributed by atoms with Gasteiger partial charge in [0, 0.05) is 18.2 Å². The lowest BCUT2D eigenvalue weighted by Gasteiger charge is -2.26. The molecule has 0 radical (unpaired) electrons. The van der Waals surface area contributed by atoms with E-state index in [2.05, 4.69) is 24.5 Å². The minimum absolute atomic E-state index is 0.0476. The minimum Gasteiger partial charge on any atom is -0.353 e. The largest absolute Gasteiger partial charge is 0.353 e. The molecule has 2 rings (SSSR count). The lowest BCUT2D eigenvalue weighted by Crippen LogP contribution is -2.39. The number of hydrogen-bond donors (Lipinski definition) is 2. The molecular formula is C17H24N2O2. The standard InChI is InChI=1S/C17H24N2O2/c1-11(2)8-9-12(3)18-17(21)14-10-16(20)19-15-7-5-4-6-13(14)15/h4-7,11-12,14H,8-10H2,1-3H3,(H,18,21)(H,19,20). The third-order valence-electron chi connectivity index (χ3n) is 3.88. The summed E-state index contributed by atoms with van der Waals surface area (Å²) in [4.78, 5) is 24.2. The number of hydrogen-bond acceptors (Lipinski definition) is 2. The summed E-state index contributed by atoms with van der Waals surface area (Å²) in [6.07, 6.45) is 2.27. The Bertz CT molecular complexity index is 525. The topological polar surface area (TPSA) is 58.2 Å². The summed E-state index contributed by atoms with van der Waals surface area (Å²) in [6, 6.07) is 7.66. The molecule has 0 saturated heterocycles. The summed E-state index contributed by atoms with van der Waals surface area (Å²) in [7, 11) is 0. The van der Waals surface area contributed by atoms with E-state index in [1.54, 1.807) is 0 Å². The van der Waals surface area contributed by atoms with Crippen LogP contribution in [0.25, 0.3) is 0 Å². The molecule has 114 valence electrons. The molecule has 1 aromatic rings. The Hall–Kier alpha value is -1.84. The molecule has 2 N–H and O–H groups in total. The van der Waals surface area contributed by atoms with E-state index in [0.29, 0.717) is 5.92 Å². The summed E-state index contributed by atoms with van der Waals surface area (Å²) in [5.41, 5.74) is 1.66. The van der Waals surface area contributed by atoms with E-state index in [-0.39, 0.29) is 30.2 Å². The highest BCUT2D eigenvalue weighted by atomic mass is 16.2. The lowest BCUT2D eigenvalue weighted by atomic mass is 9.89. The van der Waals surface area contributed by atoms with Crippen molar-refractivity contribution in [2.24, 2.45) is 5.92 Å². The van der Waals surface area contributed by atoms with Crippen molar-refractivity contribution in [1.29, 1.82) is 0 Å². The van der Waals surface area contributed by atoms with Gasteiger partial charge in [0.05, 0.1) is 5.92 Å². The Labute approximate surface area is 126 Å². The summed E-state index contributed by atoms with van der Waals surface area (Å²) in [5, 5.41) is 5.87. The van der Waals surface area contributed by atoms with Crippen molar-refractivity contribution in [3.8, 4) is 0 Å². The number of rotatable bonds is 5. The molecule has 2 atom stereocenters. The van der Waals surface area contributed by atoms with Crippen molar-refractivity contribution < 1.29 is 9.59 Å². The highest BCUT2D eigenvalue weighted by molar-refractivity contribution is 6.01. The smallest absolute Gasteiger partial charge is 0.228 e. The number of anilines is 1. The maximum atomic E-state index is 12.5. The van der Waals surface area contributed by atoms with Crippen LogP contribution in [-0.2, 0) is 9.59 Å². The van der Waals surface area contributed by atoms with E-state index in [1.165, 1.54) is 0 Å². The molecule has 0 bridgehead atoms. The van der Waals surface area contributed by atoms with Gasteiger partial charge in [0.25, 0.3) is 0 Å². The van der Waals surface area contributed by atoms with Gasteiger partial charge in [0.1, 0.15) is 0 Å². The van der Waals surface area contributed by atoms with Gasteiger partial charge in [-0.2, -0.15) is 0 Å². The summed E-state index contributed by atoms with van der Waals surface area (Å²) < 4.78 is 0. The van der Waals surface area contributed by atoms with Gasteiger partial charge in [-0.3, -0.25) is 9.59 Å². The molecule has 1 aliphatic rings. The molecule has 0 aliphatic carbocycles. The molecule has 0 spiro atoms. The van der Waals surface area contributed by atoms with Gasteiger partial charge >= 0.3 is 0 Å². The van der Waals surface area contributed by atoms with Crippen molar-refractivity contribution >= 4 is 17.5 Å². The van der Waals surface area contributed by atoms with Crippen LogP contribution in [0.1, 0.15) is 51.5 Å². The van der Waals surface area contributed by atoms with Gasteiger partial charge in [-0.05, 0) is 37.3 Å². The van der Waals surface area contributed by atoms with Crippen LogP contribution in [0.2, 0.25) is 0 Å². The van der Waals surface area contributed by atoms with Crippen LogP contribution < -0.4 is 10.6 Å². The Morgan fingerprint density at radius 2 is 2.00 bits per heavy atom. The second-order valence-corrected chi connectivity index (χ2v) is 6.27. The predicted molar refractivity (Wildman–Crippen MR) is 84.1 cm³/mol. The zero-order valence-corrected chi connectivity index (χ0v) is 13.0. The molecule has 1 aromatic carbocycles. The maximum absolute atomic E-state index is 12.5. The van der Waals surface area contributed by atoms with Gasteiger partial charge in [-0.25, -0.2) is 0 Å². The first kappa shape index (κ1) is 15.5. The fourth-order valence-corrected chi connectivity index (χ4v) is 2.64. The zero-order chi connectivity index (χ0) is 15.4. The third-order valence-corrected chi connectivity index (χ3v) is 3.88. The Kier molecular flexibility index (Phi) is 4.99. The Morgan fingerprint density at radius 3 is 2.71 bits per heavy atom. The number of carbonyl (C=O) groups excluding carboxylic acids is 2. The van der Waals surface area contributed by atoms with E-state index in [1.807, 2.05) is 31.2 Å². The van der Waals surface area contributed by atoms with Crippen LogP contribution in [0.4, 0.5) is 5.69 Å². The van der Waals surface area contributed by atoms with Crippen molar-refractivity contribution in [3.63, 3.8) is 0 Å². The van der Waals surface area contributed by atoms with Crippen LogP contribution in [-0.4, -0.2) is 17.9 Å². The first-order valence-corrected chi connectivity index (χ1v) is 7.66. The Balaban J connectivity index is 2.04. The molecular weight excluding hydrogens is 264 g/mol. The molecule has 2 unspecified atom stereocenters. The molecule has 21 heavy (non-hydrogen) atoms. The second kappa shape index (κ2) is 6.74. The van der Waals surface area contributed by atoms with E-state index < -0.39 is 0 Å². The average molecular weight is 288 g/mol. The fraction of sp³-hybridized carbons (Fsp3) is 0.529. The molecule has 1 aliphatic heterocycles. The summed E-state index contributed by atoms with van der Waals surface area (Å²) in [5.74, 6) is 0.110. The Morgan fingerprint density at radius 1 is 1.29 bits per heavy atom. The van der Waals surface area contributed by atoms with Gasteiger partial charge in [-0.15, -0.1) is 0 Å². The number of para-hydroxylation sites is 1. The predicted octanol–water partition coefficient (Wildman–Crippen LogP) is 3.05. The van der Waals surface area contributed by atoms with Crippen LogP contribution in [0.5, 0.6) is 0 Å². The SMILES string of the molecule is CC(C)CCC(C)NC(=O)C1CC(=O)Nc2ccccc21. The highest BCUT2D eigenvalue weighted by Gasteiger charge is 2.30. The monoisotopic (exact) mass is 288 g/mol. The van der Waals surface area contributed by atoms with Gasteiger partial charge < -0.3 is 10.6 Å². The lowest BCUT2D eigenvalue weighted by molar-refractivity contribution is -0.126. The molecule has 0 aromatic heterocycles. The molecule has 0 saturated carbocycles. The first-order valence-electron chi connectivity index (χ1n) is 7.66. The third kappa shape index (κ3) is 4.06. The minimum atomic E-state index is -0.378. The molecule has 2 amide bonds. The molecule has 0 fully saturated rings. The summed E-state index contributed by atoms with van der Waals surface area (Å²) in [6.45, 7) is 6.38. The van der Waals surface area contributed by atoms with Gasteiger partial charge in [0.15, 0.2) is 0 Å². The molecule has 4 nitrogen and oxygen atoms in total. The van der Waals surface area contributed by atoms with Crippen molar-refractivity contribution in [2.75, 3.05) is 5.32 Å². The van der Waals surface area contributed by atoms with Crippen LogP contribution in [0.15, 0.2) is 24.3 Å². The quantitative estimate of drug-likeness (QED) is 0.875. The summed E-state index contributed by atoms with van der Waals surface area (Å²) >= 11 is 0. The molecule has 1 heterocycles. The van der Waals surface area contributed by atoms with Crippen molar-refractivity contribution in [3.05, 3.63) is 29.8 Å². The van der Waals surface area contributed by atoms with Crippen LogP contribution in [0.3, 0.4) is 0 Å². The number of amides is 2.